The first-order valence-electron chi connectivity index (χ1n) is 8.78. The van der Waals surface area contributed by atoms with E-state index in [2.05, 4.69) is 40.3 Å². The Morgan fingerprint density at radius 1 is 1.24 bits per heavy atom. The number of esters is 1. The first-order chi connectivity index (χ1) is 13.5. The number of hydroxylamine groups is 1. The molecular weight excluding hydrogens is 402 g/mol. The van der Waals surface area contributed by atoms with Gasteiger partial charge in [0, 0.05) is 20.9 Å². The van der Waals surface area contributed by atoms with Crippen LogP contribution in [0.3, 0.4) is 0 Å². The van der Waals surface area contributed by atoms with Crippen molar-refractivity contribution in [1.82, 2.24) is 15.3 Å². The van der Waals surface area contributed by atoms with Crippen LogP contribution in [0.25, 0.3) is 0 Å². The number of carbonyl (C=O) groups excluding carboxylic acids is 2. The Morgan fingerprint density at radius 2 is 1.90 bits per heavy atom. The Labute approximate surface area is 169 Å². The molecule has 1 amide bonds. The van der Waals surface area contributed by atoms with E-state index in [4.69, 9.17) is 20.1 Å². The summed E-state index contributed by atoms with van der Waals surface area (Å²) in [6, 6.07) is 0.959. The number of rotatable bonds is 10. The second-order valence-corrected chi connectivity index (χ2v) is 12.9. The van der Waals surface area contributed by atoms with Crippen LogP contribution in [0.2, 0.25) is 25.7 Å². The topological polar surface area (TPSA) is 165 Å². The second kappa shape index (κ2) is 11.2. The number of carboxylic acid groups (broad SMARTS) is 1. The third-order valence-electron chi connectivity index (χ3n) is 3.50. The molecule has 0 aliphatic carbocycles. The molecule has 1 aromatic heterocycles. The molecule has 0 fully saturated rings. The zero-order valence-corrected chi connectivity index (χ0v) is 17.9. The molecule has 0 atom stereocenters. The third kappa shape index (κ3) is 9.71. The van der Waals surface area contributed by atoms with Gasteiger partial charge in [0.25, 0.3) is 0 Å². The van der Waals surface area contributed by atoms with Gasteiger partial charge in [-0.05, 0) is 6.04 Å². The molecule has 4 N–H and O–H groups in total. The van der Waals surface area contributed by atoms with Crippen LogP contribution in [-0.4, -0.2) is 60.5 Å². The van der Waals surface area contributed by atoms with E-state index in [1.54, 1.807) is 0 Å². The number of amides is 1. The maximum absolute atomic E-state index is 11.6. The molecule has 0 spiro atoms. The summed E-state index contributed by atoms with van der Waals surface area (Å²) in [6.07, 6.45) is -0.378. The predicted octanol–water partition coefficient (Wildman–Crippen LogP) is 1.61. The van der Waals surface area contributed by atoms with E-state index in [0.29, 0.717) is 6.61 Å². The lowest BCUT2D eigenvalue weighted by Gasteiger charge is -2.15. The maximum Gasteiger partial charge on any atom is 0.410 e. The summed E-state index contributed by atoms with van der Waals surface area (Å²) >= 11 is 0. The van der Waals surface area contributed by atoms with Gasteiger partial charge < -0.3 is 19.4 Å². The first kappa shape index (κ1) is 24.1. The normalized spacial score (nSPS) is 10.9. The number of hydrogen-bond acceptors (Lipinski definition) is 8. The first-order valence-corrected chi connectivity index (χ1v) is 12.5. The number of carbonyl (C=O) groups is 3. The summed E-state index contributed by atoms with van der Waals surface area (Å²) in [7, 11) is -0.0458. The van der Waals surface area contributed by atoms with E-state index < -0.39 is 31.9 Å². The average molecular weight is 430 g/mol. The highest BCUT2D eigenvalue weighted by Gasteiger charge is 2.18. The second-order valence-electron chi connectivity index (χ2n) is 7.24. The number of anilines is 1. The fourth-order valence-corrected chi connectivity index (χ4v) is 2.68. The lowest BCUT2D eigenvalue weighted by Crippen LogP contribution is -2.28. The zero-order valence-electron chi connectivity index (χ0n) is 16.9. The van der Waals surface area contributed by atoms with Crippen LogP contribution in [0.5, 0.6) is 0 Å². The van der Waals surface area contributed by atoms with Crippen molar-refractivity contribution in [3.8, 4) is 0 Å². The number of hydrogen-bond donors (Lipinski definition) is 4. The van der Waals surface area contributed by atoms with Crippen LogP contribution in [0.15, 0.2) is 6.20 Å². The molecule has 0 radical (unpaired) electrons. The maximum atomic E-state index is 11.6. The molecule has 0 aromatic carbocycles. The number of nitrogens with zero attached hydrogens (tertiary/aromatic N) is 2. The quantitative estimate of drug-likeness (QED) is 0.108. The van der Waals surface area contributed by atoms with Crippen molar-refractivity contribution < 1.29 is 33.8 Å². The van der Waals surface area contributed by atoms with Gasteiger partial charge in [0.15, 0.2) is 11.7 Å². The number of amidine groups is 1. The van der Waals surface area contributed by atoms with Crippen molar-refractivity contribution in [3.63, 3.8) is 0 Å². The Hall–Kier alpha value is -2.93. The highest BCUT2D eigenvalue weighted by molar-refractivity contribution is 6.76. The van der Waals surface area contributed by atoms with Crippen molar-refractivity contribution >= 4 is 37.8 Å². The highest BCUT2D eigenvalue weighted by atomic mass is 28.3. The molecule has 0 aliphatic heterocycles. The monoisotopic (exact) mass is 429 g/mol. The largest absolute Gasteiger partial charge is 0.469 e. The van der Waals surface area contributed by atoms with E-state index in [-0.39, 0.29) is 31.0 Å². The minimum atomic E-state index is -1.36. The lowest BCUT2D eigenvalue weighted by molar-refractivity contribution is -0.151. The van der Waals surface area contributed by atoms with Crippen LogP contribution >= 0.6 is 0 Å². The lowest BCUT2D eigenvalue weighted by atomic mass is 10.3. The van der Waals surface area contributed by atoms with Crippen molar-refractivity contribution in [2.45, 2.75) is 45.3 Å². The molecule has 1 rings (SSSR count). The molecule has 1 aromatic rings. The molecule has 0 saturated carbocycles. The predicted molar refractivity (Wildman–Crippen MR) is 105 cm³/mol. The minimum Gasteiger partial charge on any atom is -0.469 e. The van der Waals surface area contributed by atoms with Gasteiger partial charge in [-0.3, -0.25) is 15.5 Å². The van der Waals surface area contributed by atoms with Crippen LogP contribution in [0.4, 0.5) is 10.6 Å². The van der Waals surface area contributed by atoms with Gasteiger partial charge in [0.2, 0.25) is 0 Å². The standard InChI is InChI=1S/C16H27N5O7Si/c1-26-12(22)5-6-13(23)28-20-14(17)11-9-21(19-15(11)18-16(24)25)10-27-7-8-29(2,3)4/h9H,5-8,10H2,1-4H3,(H2,17,20)(H,18,19)(H,24,25). The van der Waals surface area contributed by atoms with Gasteiger partial charge in [0.05, 0.1) is 25.5 Å². The third-order valence-corrected chi connectivity index (χ3v) is 5.21. The number of ether oxygens (including phenoxy) is 2. The van der Waals surface area contributed by atoms with Crippen molar-refractivity contribution in [1.29, 1.82) is 5.41 Å². The Kier molecular flexibility index (Phi) is 9.28. The SMILES string of the molecule is COC(=O)CCC(=O)ONC(=N)c1cn(COCC[Si](C)(C)C)nc1NC(=O)O. The fraction of sp³-hybridized carbons (Fsp3) is 0.562. The summed E-state index contributed by atoms with van der Waals surface area (Å²) in [5.74, 6) is -1.86. The van der Waals surface area contributed by atoms with E-state index in [1.165, 1.54) is 18.0 Å². The summed E-state index contributed by atoms with van der Waals surface area (Å²) < 4.78 is 11.3. The number of methoxy groups -OCH3 is 1. The summed E-state index contributed by atoms with van der Waals surface area (Å²) in [5, 5.41) is 23.0. The van der Waals surface area contributed by atoms with E-state index in [0.717, 1.165) is 6.04 Å². The van der Waals surface area contributed by atoms with Gasteiger partial charge in [0.1, 0.15) is 6.73 Å². The van der Waals surface area contributed by atoms with Gasteiger partial charge in [-0.15, -0.1) is 0 Å². The summed E-state index contributed by atoms with van der Waals surface area (Å²) in [5.41, 5.74) is 2.17. The van der Waals surface area contributed by atoms with Crippen LogP contribution in [-0.2, 0) is 30.6 Å². The average Bonchev–Trinajstić information content (AvgIpc) is 3.02. The highest BCUT2D eigenvalue weighted by Crippen LogP contribution is 2.14. The van der Waals surface area contributed by atoms with Gasteiger partial charge in [-0.25, -0.2) is 19.8 Å². The van der Waals surface area contributed by atoms with E-state index in [9.17, 15) is 14.4 Å². The molecule has 0 bridgehead atoms. The molecule has 0 unspecified atom stereocenters. The van der Waals surface area contributed by atoms with Crippen LogP contribution in [0.1, 0.15) is 18.4 Å². The Bertz CT molecular complexity index is 745. The Balaban J connectivity index is 2.67. The van der Waals surface area contributed by atoms with Crippen LogP contribution < -0.4 is 10.8 Å². The molecule has 0 saturated heterocycles. The smallest absolute Gasteiger partial charge is 0.410 e. The van der Waals surface area contributed by atoms with Crippen molar-refractivity contribution in [2.24, 2.45) is 0 Å². The van der Waals surface area contributed by atoms with Crippen molar-refractivity contribution in [3.05, 3.63) is 11.8 Å². The minimum absolute atomic E-state index is 0.0574. The molecule has 29 heavy (non-hydrogen) atoms. The van der Waals surface area contributed by atoms with Gasteiger partial charge >= 0.3 is 18.0 Å². The molecule has 162 valence electrons. The summed E-state index contributed by atoms with van der Waals surface area (Å²) in [4.78, 5) is 38.3. The molecular formula is C16H27N5O7Si. The molecule has 0 aliphatic rings. The van der Waals surface area contributed by atoms with E-state index >= 15 is 0 Å². The van der Waals surface area contributed by atoms with Crippen molar-refractivity contribution in [2.75, 3.05) is 19.0 Å². The molecule has 1 heterocycles. The van der Waals surface area contributed by atoms with Crippen LogP contribution in [0, 0.1) is 5.41 Å². The number of aromatic nitrogens is 2. The molecule has 12 nitrogen and oxygen atoms in total. The molecule has 13 heteroatoms. The number of nitrogens with one attached hydrogen (secondary N) is 3. The fourth-order valence-electron chi connectivity index (χ4n) is 1.92. The summed E-state index contributed by atoms with van der Waals surface area (Å²) in [6.45, 7) is 7.27. The Morgan fingerprint density at radius 3 is 2.48 bits per heavy atom. The van der Waals surface area contributed by atoms with Gasteiger partial charge in [-0.2, -0.15) is 5.10 Å². The van der Waals surface area contributed by atoms with Gasteiger partial charge in [-0.1, -0.05) is 19.6 Å². The zero-order chi connectivity index (χ0) is 22.0. The van der Waals surface area contributed by atoms with E-state index in [1.807, 2.05) is 0 Å².